The molecule has 0 aromatic heterocycles. The molecule has 7 heteroatoms. The summed E-state index contributed by atoms with van der Waals surface area (Å²) in [6, 6.07) is 3.91. The Bertz CT molecular complexity index is 464. The van der Waals surface area contributed by atoms with Crippen molar-refractivity contribution in [2.24, 2.45) is 0 Å². The fourth-order valence-corrected chi connectivity index (χ4v) is 1.56. The molecule has 18 heavy (non-hydrogen) atoms. The quantitative estimate of drug-likeness (QED) is 0.787. The van der Waals surface area contributed by atoms with E-state index in [-0.39, 0.29) is 18.7 Å². The Morgan fingerprint density at radius 3 is 2.67 bits per heavy atom. The van der Waals surface area contributed by atoms with Crippen molar-refractivity contribution in [1.29, 1.82) is 0 Å². The summed E-state index contributed by atoms with van der Waals surface area (Å²) in [6.07, 6.45) is 0. The molecular formula is C11H13BrN2O4. The van der Waals surface area contributed by atoms with E-state index in [0.29, 0.717) is 10.2 Å². The number of urea groups is 1. The maximum absolute atomic E-state index is 11.7. The monoisotopic (exact) mass is 316 g/mol. The summed E-state index contributed by atoms with van der Waals surface area (Å²) in [5.74, 6) is -1.07. The molecule has 0 saturated carbocycles. The number of nitrogens with one attached hydrogen (secondary N) is 1. The van der Waals surface area contributed by atoms with E-state index in [1.54, 1.807) is 6.07 Å². The number of benzene rings is 1. The zero-order chi connectivity index (χ0) is 13.7. The average Bonchev–Trinajstić information content (AvgIpc) is 2.31. The number of aliphatic hydroxyl groups is 1. The van der Waals surface area contributed by atoms with Crippen LogP contribution in [0.4, 0.5) is 10.5 Å². The van der Waals surface area contributed by atoms with Crippen LogP contribution in [0.5, 0.6) is 0 Å². The Balaban J connectivity index is 2.86. The fraction of sp³-hybridized carbons (Fsp3) is 0.273. The van der Waals surface area contributed by atoms with Gasteiger partial charge in [0.15, 0.2) is 0 Å². The van der Waals surface area contributed by atoms with E-state index in [0.717, 1.165) is 0 Å². The number of halogens is 1. The molecule has 2 amide bonds. The van der Waals surface area contributed by atoms with Gasteiger partial charge in [0.2, 0.25) is 0 Å². The Hall–Kier alpha value is -1.60. The molecule has 0 spiro atoms. The smallest absolute Gasteiger partial charge is 0.335 e. The molecule has 1 rings (SSSR count). The highest BCUT2D eigenvalue weighted by Gasteiger charge is 2.12. The lowest BCUT2D eigenvalue weighted by Crippen LogP contribution is -2.33. The van der Waals surface area contributed by atoms with Gasteiger partial charge in [-0.25, -0.2) is 9.59 Å². The van der Waals surface area contributed by atoms with Crippen molar-refractivity contribution in [2.75, 3.05) is 25.5 Å². The first-order chi connectivity index (χ1) is 8.45. The first-order valence-corrected chi connectivity index (χ1v) is 5.91. The second-order valence-corrected chi connectivity index (χ2v) is 4.43. The fourth-order valence-electron chi connectivity index (χ4n) is 1.22. The van der Waals surface area contributed by atoms with E-state index in [1.807, 2.05) is 0 Å². The van der Waals surface area contributed by atoms with Gasteiger partial charge in [-0.1, -0.05) is 0 Å². The van der Waals surface area contributed by atoms with E-state index in [4.69, 9.17) is 10.2 Å². The van der Waals surface area contributed by atoms with Crippen molar-refractivity contribution in [2.45, 2.75) is 0 Å². The van der Waals surface area contributed by atoms with Gasteiger partial charge in [0.25, 0.3) is 0 Å². The lowest BCUT2D eigenvalue weighted by molar-refractivity contribution is 0.0697. The SMILES string of the molecule is CN(CCO)C(=O)Nc1cc(C(=O)O)ccc1Br. The maximum Gasteiger partial charge on any atom is 0.335 e. The van der Waals surface area contributed by atoms with Crippen molar-refractivity contribution >= 4 is 33.6 Å². The van der Waals surface area contributed by atoms with E-state index in [1.165, 1.54) is 24.1 Å². The van der Waals surface area contributed by atoms with Crippen LogP contribution in [0, 0.1) is 0 Å². The third-order valence-electron chi connectivity index (χ3n) is 2.24. The van der Waals surface area contributed by atoms with Crippen LogP contribution < -0.4 is 5.32 Å². The number of carboxylic acid groups (broad SMARTS) is 1. The second kappa shape index (κ2) is 6.36. The summed E-state index contributed by atoms with van der Waals surface area (Å²) in [6.45, 7) is 0.0579. The van der Waals surface area contributed by atoms with Gasteiger partial charge in [-0.3, -0.25) is 0 Å². The van der Waals surface area contributed by atoms with Crippen LogP contribution in [0.2, 0.25) is 0 Å². The summed E-state index contributed by atoms with van der Waals surface area (Å²) in [5, 5.41) is 20.1. The van der Waals surface area contributed by atoms with Gasteiger partial charge in [-0.05, 0) is 34.1 Å². The molecule has 0 bridgehead atoms. The topological polar surface area (TPSA) is 89.9 Å². The van der Waals surface area contributed by atoms with Crippen molar-refractivity contribution in [3.8, 4) is 0 Å². The van der Waals surface area contributed by atoms with Crippen molar-refractivity contribution in [1.82, 2.24) is 4.90 Å². The highest BCUT2D eigenvalue weighted by atomic mass is 79.9. The van der Waals surface area contributed by atoms with Gasteiger partial charge in [0.05, 0.1) is 17.9 Å². The lowest BCUT2D eigenvalue weighted by Gasteiger charge is -2.17. The standard InChI is InChI=1S/C11H13BrN2O4/c1-14(4-5-15)11(18)13-9-6-7(10(16)17)2-3-8(9)12/h2-3,6,15H,4-5H2,1H3,(H,13,18)(H,16,17). The number of amides is 2. The summed E-state index contributed by atoms with van der Waals surface area (Å²) in [4.78, 5) is 23.8. The van der Waals surface area contributed by atoms with E-state index in [2.05, 4.69) is 21.2 Å². The van der Waals surface area contributed by atoms with Crippen molar-refractivity contribution in [3.05, 3.63) is 28.2 Å². The molecule has 1 aromatic rings. The highest BCUT2D eigenvalue weighted by molar-refractivity contribution is 9.10. The molecular weight excluding hydrogens is 304 g/mol. The molecule has 0 aliphatic heterocycles. The lowest BCUT2D eigenvalue weighted by atomic mass is 10.2. The van der Waals surface area contributed by atoms with Crippen LogP contribution in [-0.2, 0) is 0 Å². The molecule has 0 aliphatic carbocycles. The van der Waals surface area contributed by atoms with Gasteiger partial charge < -0.3 is 20.4 Å². The highest BCUT2D eigenvalue weighted by Crippen LogP contribution is 2.23. The molecule has 0 heterocycles. The van der Waals surface area contributed by atoms with Gasteiger partial charge in [0, 0.05) is 18.1 Å². The Kier molecular flexibility index (Phi) is 5.11. The number of carbonyl (C=O) groups excluding carboxylic acids is 1. The molecule has 0 fully saturated rings. The maximum atomic E-state index is 11.7. The summed E-state index contributed by atoms with van der Waals surface area (Å²) >= 11 is 3.22. The molecule has 0 aliphatic rings. The number of likely N-dealkylation sites (N-methyl/N-ethyl adjacent to an activating group) is 1. The number of aromatic carboxylic acids is 1. The average molecular weight is 317 g/mol. The summed E-state index contributed by atoms with van der Waals surface area (Å²) < 4.78 is 0.582. The molecule has 0 atom stereocenters. The van der Waals surface area contributed by atoms with Crippen LogP contribution in [0.15, 0.2) is 22.7 Å². The van der Waals surface area contributed by atoms with Gasteiger partial charge >= 0.3 is 12.0 Å². The molecule has 1 aromatic carbocycles. The van der Waals surface area contributed by atoms with E-state index >= 15 is 0 Å². The molecule has 6 nitrogen and oxygen atoms in total. The van der Waals surface area contributed by atoms with Gasteiger partial charge in [0.1, 0.15) is 0 Å². The van der Waals surface area contributed by atoms with Crippen molar-refractivity contribution < 1.29 is 19.8 Å². The third-order valence-corrected chi connectivity index (χ3v) is 2.93. The number of hydrogen-bond acceptors (Lipinski definition) is 3. The molecule has 0 unspecified atom stereocenters. The van der Waals surface area contributed by atoms with Crippen LogP contribution in [-0.4, -0.2) is 47.3 Å². The summed E-state index contributed by atoms with van der Waals surface area (Å²) in [7, 11) is 1.53. The van der Waals surface area contributed by atoms with Crippen LogP contribution >= 0.6 is 15.9 Å². The first-order valence-electron chi connectivity index (χ1n) is 5.11. The number of rotatable bonds is 4. The number of carboxylic acids is 1. The summed E-state index contributed by atoms with van der Waals surface area (Å²) in [5.41, 5.74) is 0.447. The molecule has 0 radical (unpaired) electrons. The van der Waals surface area contributed by atoms with Gasteiger partial charge in [-0.2, -0.15) is 0 Å². The number of aliphatic hydroxyl groups excluding tert-OH is 1. The number of anilines is 1. The normalized spacial score (nSPS) is 9.94. The number of carbonyl (C=O) groups is 2. The Morgan fingerprint density at radius 1 is 1.44 bits per heavy atom. The van der Waals surface area contributed by atoms with Gasteiger partial charge in [-0.15, -0.1) is 0 Å². The second-order valence-electron chi connectivity index (χ2n) is 3.58. The minimum atomic E-state index is -1.07. The Morgan fingerprint density at radius 2 is 2.11 bits per heavy atom. The molecule has 98 valence electrons. The third kappa shape index (κ3) is 3.71. The first kappa shape index (κ1) is 14.5. The van der Waals surface area contributed by atoms with E-state index in [9.17, 15) is 9.59 Å². The zero-order valence-electron chi connectivity index (χ0n) is 9.68. The predicted octanol–water partition coefficient (Wildman–Crippen LogP) is 1.60. The number of nitrogens with zero attached hydrogens (tertiary/aromatic N) is 1. The molecule has 0 saturated heterocycles. The molecule has 3 N–H and O–H groups in total. The minimum absolute atomic E-state index is 0.0818. The van der Waals surface area contributed by atoms with E-state index < -0.39 is 12.0 Å². The zero-order valence-corrected chi connectivity index (χ0v) is 11.3. The minimum Gasteiger partial charge on any atom is -0.478 e. The van der Waals surface area contributed by atoms with Crippen LogP contribution in [0.1, 0.15) is 10.4 Å². The van der Waals surface area contributed by atoms with Crippen molar-refractivity contribution in [3.63, 3.8) is 0 Å². The van der Waals surface area contributed by atoms with Crippen LogP contribution in [0.25, 0.3) is 0 Å². The van der Waals surface area contributed by atoms with Crippen LogP contribution in [0.3, 0.4) is 0 Å². The Labute approximate surface area is 112 Å². The largest absolute Gasteiger partial charge is 0.478 e. The predicted molar refractivity (Wildman–Crippen MR) is 69.8 cm³/mol. The number of hydrogen-bond donors (Lipinski definition) is 3.